The van der Waals surface area contributed by atoms with Gasteiger partial charge in [-0.05, 0) is 38.0 Å². The molecule has 1 saturated carbocycles. The Balaban J connectivity index is 2.51. The summed E-state index contributed by atoms with van der Waals surface area (Å²) in [4.78, 5) is 0. The van der Waals surface area contributed by atoms with E-state index in [0.717, 1.165) is 12.8 Å². The van der Waals surface area contributed by atoms with Crippen LogP contribution in [0.5, 0.6) is 0 Å². The molecule has 1 aliphatic rings. The lowest BCUT2D eigenvalue weighted by Gasteiger charge is -2.24. The van der Waals surface area contributed by atoms with Gasteiger partial charge >= 0.3 is 0 Å². The first-order valence-electron chi connectivity index (χ1n) is 5.52. The van der Waals surface area contributed by atoms with Gasteiger partial charge < -0.3 is 0 Å². The van der Waals surface area contributed by atoms with Crippen molar-refractivity contribution in [1.29, 1.82) is 5.26 Å². The third-order valence-corrected chi connectivity index (χ3v) is 4.57. The standard InChI is InChI=1S/C12H13N2O2S/c1-2-17(15,16)14(11-7-8-11)12-6-4-3-5-10(12)9-13/h3,5-6,11H,2,7-8H2,1H3. The van der Waals surface area contributed by atoms with Crippen LogP contribution < -0.4 is 4.31 Å². The summed E-state index contributed by atoms with van der Waals surface area (Å²) in [5.74, 6) is 0.0449. The normalized spacial score (nSPS) is 15.3. The van der Waals surface area contributed by atoms with Crippen LogP contribution >= 0.6 is 0 Å². The van der Waals surface area contributed by atoms with E-state index in [0.29, 0.717) is 11.3 Å². The molecule has 0 aliphatic heterocycles. The topological polar surface area (TPSA) is 61.2 Å². The highest BCUT2D eigenvalue weighted by Gasteiger charge is 2.37. The molecule has 17 heavy (non-hydrogen) atoms. The Morgan fingerprint density at radius 2 is 2.29 bits per heavy atom. The molecule has 0 atom stereocenters. The summed E-state index contributed by atoms with van der Waals surface area (Å²) in [5, 5.41) is 9.02. The van der Waals surface area contributed by atoms with Crippen molar-refractivity contribution in [3.8, 4) is 6.07 Å². The number of sulfonamides is 1. The van der Waals surface area contributed by atoms with Crippen molar-refractivity contribution in [2.24, 2.45) is 0 Å². The van der Waals surface area contributed by atoms with Crippen molar-refractivity contribution < 1.29 is 8.42 Å². The molecule has 5 heteroatoms. The molecule has 1 fully saturated rings. The van der Waals surface area contributed by atoms with Gasteiger partial charge in [-0.25, -0.2) is 8.42 Å². The van der Waals surface area contributed by atoms with Crippen LogP contribution in [0, 0.1) is 17.4 Å². The van der Waals surface area contributed by atoms with Gasteiger partial charge in [0.2, 0.25) is 10.0 Å². The van der Waals surface area contributed by atoms with Gasteiger partial charge in [-0.15, -0.1) is 0 Å². The minimum Gasteiger partial charge on any atom is -0.266 e. The van der Waals surface area contributed by atoms with Gasteiger partial charge in [0, 0.05) is 6.04 Å². The van der Waals surface area contributed by atoms with E-state index in [2.05, 4.69) is 6.07 Å². The second-order valence-corrected chi connectivity index (χ2v) is 6.12. The number of anilines is 1. The molecule has 89 valence electrons. The Bertz CT molecular complexity index is 556. The van der Waals surface area contributed by atoms with Crippen molar-refractivity contribution in [2.75, 3.05) is 10.1 Å². The van der Waals surface area contributed by atoms with Crippen LogP contribution in [0.4, 0.5) is 5.69 Å². The van der Waals surface area contributed by atoms with Gasteiger partial charge in [0.25, 0.3) is 0 Å². The molecule has 0 unspecified atom stereocenters. The van der Waals surface area contributed by atoms with E-state index in [-0.39, 0.29) is 11.8 Å². The van der Waals surface area contributed by atoms with E-state index in [1.165, 1.54) is 4.31 Å². The lowest BCUT2D eigenvalue weighted by Crippen LogP contribution is -2.34. The highest BCUT2D eigenvalue weighted by molar-refractivity contribution is 7.92. The van der Waals surface area contributed by atoms with E-state index in [4.69, 9.17) is 5.26 Å². The van der Waals surface area contributed by atoms with Crippen molar-refractivity contribution in [2.45, 2.75) is 25.8 Å². The highest BCUT2D eigenvalue weighted by Crippen LogP contribution is 2.35. The van der Waals surface area contributed by atoms with E-state index >= 15 is 0 Å². The van der Waals surface area contributed by atoms with Crippen LogP contribution in [0.25, 0.3) is 0 Å². The molecule has 1 aliphatic carbocycles. The van der Waals surface area contributed by atoms with Crippen LogP contribution in [0.2, 0.25) is 0 Å². The maximum Gasteiger partial charge on any atom is 0.235 e. The lowest BCUT2D eigenvalue weighted by molar-refractivity contribution is 0.591. The molecule has 0 heterocycles. The smallest absolute Gasteiger partial charge is 0.235 e. The third-order valence-electron chi connectivity index (χ3n) is 2.74. The number of nitrogens with zero attached hydrogens (tertiary/aromatic N) is 2. The van der Waals surface area contributed by atoms with Crippen LogP contribution in [-0.2, 0) is 10.0 Å². The zero-order valence-corrected chi connectivity index (χ0v) is 10.4. The summed E-state index contributed by atoms with van der Waals surface area (Å²) in [5.41, 5.74) is 0.840. The van der Waals surface area contributed by atoms with Crippen LogP contribution in [0.1, 0.15) is 25.3 Å². The Morgan fingerprint density at radius 3 is 2.82 bits per heavy atom. The summed E-state index contributed by atoms with van der Waals surface area (Å²) in [6, 6.07) is 9.67. The van der Waals surface area contributed by atoms with E-state index in [1.54, 1.807) is 25.1 Å². The fourth-order valence-electron chi connectivity index (χ4n) is 1.72. The molecular weight excluding hydrogens is 236 g/mol. The zero-order chi connectivity index (χ0) is 12.5. The maximum absolute atomic E-state index is 12.1. The number of benzene rings is 1. The summed E-state index contributed by atoms with van der Waals surface area (Å²) >= 11 is 0. The quantitative estimate of drug-likeness (QED) is 0.815. The van der Waals surface area contributed by atoms with Gasteiger partial charge in [0.15, 0.2) is 0 Å². The number of hydrogen-bond acceptors (Lipinski definition) is 3. The molecule has 0 N–H and O–H groups in total. The first-order valence-corrected chi connectivity index (χ1v) is 7.13. The fourth-order valence-corrected chi connectivity index (χ4v) is 3.11. The molecule has 2 rings (SSSR count). The average Bonchev–Trinajstić information content (AvgIpc) is 3.14. The summed E-state index contributed by atoms with van der Waals surface area (Å²) in [6.07, 6.45) is 1.72. The highest BCUT2D eigenvalue weighted by atomic mass is 32.2. The van der Waals surface area contributed by atoms with Crippen LogP contribution in [0.15, 0.2) is 18.2 Å². The van der Waals surface area contributed by atoms with Gasteiger partial charge in [-0.1, -0.05) is 6.07 Å². The second kappa shape index (κ2) is 4.38. The molecule has 0 aromatic heterocycles. The Labute approximate surface area is 102 Å². The van der Waals surface area contributed by atoms with E-state index in [1.807, 2.05) is 6.07 Å². The first-order chi connectivity index (χ1) is 8.10. The first kappa shape index (κ1) is 11.9. The predicted octanol–water partition coefficient (Wildman–Crippen LogP) is 1.68. The number of hydrogen-bond donors (Lipinski definition) is 0. The minimum absolute atomic E-state index is 0.0165. The molecule has 0 spiro atoms. The Hall–Kier alpha value is -1.54. The van der Waals surface area contributed by atoms with Crippen LogP contribution in [-0.4, -0.2) is 20.2 Å². The fraction of sp³-hybridized carbons (Fsp3) is 0.417. The SMILES string of the molecule is CCS(=O)(=O)N(c1c[c]ccc1C#N)C1CC1. The molecule has 4 nitrogen and oxygen atoms in total. The average molecular weight is 249 g/mol. The maximum atomic E-state index is 12.1. The molecule has 0 amide bonds. The molecule has 0 bridgehead atoms. The summed E-state index contributed by atoms with van der Waals surface area (Å²) < 4.78 is 25.5. The number of rotatable bonds is 4. The third kappa shape index (κ3) is 2.27. The zero-order valence-electron chi connectivity index (χ0n) is 9.55. The molecule has 1 aromatic carbocycles. The predicted molar refractivity (Wildman–Crippen MR) is 65.0 cm³/mol. The van der Waals surface area contributed by atoms with Gasteiger partial charge in [0.1, 0.15) is 6.07 Å². The van der Waals surface area contributed by atoms with Crippen molar-refractivity contribution in [1.82, 2.24) is 0 Å². The lowest BCUT2D eigenvalue weighted by atomic mass is 10.2. The van der Waals surface area contributed by atoms with Crippen molar-refractivity contribution in [3.63, 3.8) is 0 Å². The van der Waals surface area contributed by atoms with Gasteiger partial charge in [-0.3, -0.25) is 4.31 Å². The Morgan fingerprint density at radius 1 is 1.59 bits per heavy atom. The molecule has 0 saturated heterocycles. The summed E-state index contributed by atoms with van der Waals surface area (Å²) in [6.45, 7) is 1.61. The van der Waals surface area contributed by atoms with Gasteiger partial charge in [0.05, 0.1) is 17.0 Å². The molecule has 1 aromatic rings. The second-order valence-electron chi connectivity index (χ2n) is 3.98. The van der Waals surface area contributed by atoms with E-state index < -0.39 is 10.0 Å². The molecular formula is C12H13N2O2S. The summed E-state index contributed by atoms with van der Waals surface area (Å²) in [7, 11) is -3.32. The van der Waals surface area contributed by atoms with Crippen molar-refractivity contribution in [3.05, 3.63) is 29.8 Å². The van der Waals surface area contributed by atoms with Crippen LogP contribution in [0.3, 0.4) is 0 Å². The minimum atomic E-state index is -3.32. The van der Waals surface area contributed by atoms with E-state index in [9.17, 15) is 8.42 Å². The molecule has 1 radical (unpaired) electrons. The van der Waals surface area contributed by atoms with Crippen molar-refractivity contribution >= 4 is 15.7 Å². The largest absolute Gasteiger partial charge is 0.266 e. The monoisotopic (exact) mass is 249 g/mol. The number of nitriles is 1. The van der Waals surface area contributed by atoms with Gasteiger partial charge in [-0.2, -0.15) is 5.26 Å². The Kier molecular flexibility index (Phi) is 3.07.